The Morgan fingerprint density at radius 1 is 0.434 bits per heavy atom. The van der Waals surface area contributed by atoms with Crippen LogP contribution >= 0.6 is 7.82 Å². The fourth-order valence-corrected chi connectivity index (χ4v) is 7.19. The normalized spacial score (nSPS) is 13.8. The molecule has 0 saturated heterocycles. The van der Waals surface area contributed by atoms with Gasteiger partial charge in [0.1, 0.15) is 12.2 Å². The molecule has 53 heavy (non-hydrogen) atoms. The fourth-order valence-electron chi connectivity index (χ4n) is 6.41. The van der Waals surface area contributed by atoms with Crippen molar-refractivity contribution < 1.29 is 47.8 Å². The van der Waals surface area contributed by atoms with Gasteiger partial charge in [-0.25, -0.2) is 4.57 Å². The molecule has 0 aliphatic rings. The third kappa shape index (κ3) is 37.7. The molecule has 316 valence electrons. The second-order valence-electron chi connectivity index (χ2n) is 15.0. The van der Waals surface area contributed by atoms with Crippen LogP contribution in [0, 0.1) is 0 Å². The zero-order chi connectivity index (χ0) is 39.1. The zero-order valence-electron chi connectivity index (χ0n) is 34.3. The first-order chi connectivity index (χ1) is 25.8. The number of ether oxygens (including phenoxy) is 2. The van der Waals surface area contributed by atoms with Crippen molar-refractivity contribution in [3.63, 3.8) is 0 Å². The fraction of sp³-hybridized carbons (Fsp3) is 0.952. The Kier molecular flexibility index (Phi) is 38.5. The summed E-state index contributed by atoms with van der Waals surface area (Å²) in [4.78, 5) is 34.5. The van der Waals surface area contributed by atoms with Crippen molar-refractivity contribution in [2.45, 2.75) is 232 Å². The van der Waals surface area contributed by atoms with E-state index in [0.717, 1.165) is 38.5 Å². The van der Waals surface area contributed by atoms with Gasteiger partial charge in [-0.15, -0.1) is 0 Å². The van der Waals surface area contributed by atoms with Crippen molar-refractivity contribution in [1.82, 2.24) is 0 Å². The van der Waals surface area contributed by atoms with Crippen LogP contribution < -0.4 is 0 Å². The molecule has 0 rings (SSSR count). The quantitative estimate of drug-likeness (QED) is 0.0310. The Balaban J connectivity index is 3.86. The molecule has 0 aromatic carbocycles. The highest BCUT2D eigenvalue weighted by atomic mass is 31.2. The van der Waals surface area contributed by atoms with E-state index in [0.29, 0.717) is 12.8 Å². The van der Waals surface area contributed by atoms with E-state index in [1.54, 1.807) is 0 Å². The van der Waals surface area contributed by atoms with E-state index in [-0.39, 0.29) is 12.8 Å². The number of carbonyl (C=O) groups excluding carboxylic acids is 2. The molecular formula is C42H83O10P. The summed E-state index contributed by atoms with van der Waals surface area (Å²) >= 11 is 0. The lowest BCUT2D eigenvalue weighted by Crippen LogP contribution is -2.28. The molecule has 0 spiro atoms. The number of hydrogen-bond acceptors (Lipinski definition) is 9. The van der Waals surface area contributed by atoms with Crippen LogP contribution in [0.15, 0.2) is 0 Å². The maximum atomic E-state index is 12.3. The Morgan fingerprint density at radius 3 is 0.887 bits per heavy atom. The molecule has 0 aromatic rings. The minimum atomic E-state index is -4.62. The van der Waals surface area contributed by atoms with Gasteiger partial charge in [0, 0.05) is 12.8 Å². The maximum absolute atomic E-state index is 12.3. The first-order valence-electron chi connectivity index (χ1n) is 22.0. The second kappa shape index (κ2) is 39.2. The molecule has 3 N–H and O–H groups in total. The van der Waals surface area contributed by atoms with Crippen LogP contribution in [0.3, 0.4) is 0 Å². The number of hydrogen-bond donors (Lipinski definition) is 3. The monoisotopic (exact) mass is 779 g/mol. The molecule has 0 bridgehead atoms. The second-order valence-corrected chi connectivity index (χ2v) is 16.5. The van der Waals surface area contributed by atoms with Gasteiger partial charge >= 0.3 is 19.8 Å². The minimum Gasteiger partial charge on any atom is -0.457 e. The van der Waals surface area contributed by atoms with Gasteiger partial charge in [-0.3, -0.25) is 18.6 Å². The summed E-state index contributed by atoms with van der Waals surface area (Å²) in [5.41, 5.74) is 0. The summed E-state index contributed by atoms with van der Waals surface area (Å²) in [7, 11) is -4.62. The van der Waals surface area contributed by atoms with E-state index < -0.39 is 58.4 Å². The number of phosphoric ester groups is 1. The smallest absolute Gasteiger partial charge is 0.457 e. The average molecular weight is 779 g/mol. The van der Waals surface area contributed by atoms with Gasteiger partial charge in [0.25, 0.3) is 0 Å². The largest absolute Gasteiger partial charge is 0.472 e. The average Bonchev–Trinajstić information content (AvgIpc) is 3.14. The van der Waals surface area contributed by atoms with Gasteiger partial charge in [0.2, 0.25) is 0 Å². The molecule has 3 atom stereocenters. The molecule has 0 aliphatic carbocycles. The van der Waals surface area contributed by atoms with Gasteiger partial charge in [-0.2, -0.15) is 0 Å². The summed E-state index contributed by atoms with van der Waals surface area (Å²) in [6.07, 6.45) is 35.0. The van der Waals surface area contributed by atoms with Crippen LogP contribution in [0.4, 0.5) is 0 Å². The Bertz CT molecular complexity index is 858. The third-order valence-electron chi connectivity index (χ3n) is 9.82. The molecule has 0 heterocycles. The lowest BCUT2D eigenvalue weighted by Gasteiger charge is -2.20. The molecule has 11 heteroatoms. The predicted octanol–water partition coefficient (Wildman–Crippen LogP) is 11.5. The SMILES string of the molecule is CCCCCCCCCCCCCCCCCCCCC(=O)OC(CO)COP(=O)(O)OCC(CO)OC(=O)CCCCCCCCCCCCCC. The van der Waals surface area contributed by atoms with Gasteiger partial charge in [0.15, 0.2) is 0 Å². The highest BCUT2D eigenvalue weighted by Gasteiger charge is 2.27. The van der Waals surface area contributed by atoms with Crippen LogP contribution in [0.1, 0.15) is 219 Å². The lowest BCUT2D eigenvalue weighted by atomic mass is 10.0. The molecule has 10 nitrogen and oxygen atoms in total. The van der Waals surface area contributed by atoms with E-state index in [1.165, 1.54) is 141 Å². The molecule has 0 aromatic heterocycles. The molecule has 3 unspecified atom stereocenters. The first kappa shape index (κ1) is 52.0. The number of unbranched alkanes of at least 4 members (excludes halogenated alkanes) is 28. The topological polar surface area (TPSA) is 149 Å². The number of carbonyl (C=O) groups is 2. The predicted molar refractivity (Wildman–Crippen MR) is 215 cm³/mol. The minimum absolute atomic E-state index is 0.199. The number of aliphatic hydroxyl groups is 2. The number of phosphoric acid groups is 1. The summed E-state index contributed by atoms with van der Waals surface area (Å²) in [5.74, 6) is -1.01. The highest BCUT2D eigenvalue weighted by molar-refractivity contribution is 7.47. The van der Waals surface area contributed by atoms with Crippen LogP contribution in [-0.4, -0.2) is 65.7 Å². The van der Waals surface area contributed by atoms with E-state index >= 15 is 0 Å². The van der Waals surface area contributed by atoms with E-state index in [4.69, 9.17) is 18.5 Å². The lowest BCUT2D eigenvalue weighted by molar-refractivity contribution is -0.153. The molecule has 0 aliphatic heterocycles. The zero-order valence-corrected chi connectivity index (χ0v) is 35.2. The van der Waals surface area contributed by atoms with Crippen molar-refractivity contribution in [2.24, 2.45) is 0 Å². The van der Waals surface area contributed by atoms with Crippen LogP contribution in [-0.2, 0) is 32.7 Å². The van der Waals surface area contributed by atoms with Gasteiger partial charge in [-0.05, 0) is 12.8 Å². The van der Waals surface area contributed by atoms with Gasteiger partial charge < -0.3 is 24.6 Å². The highest BCUT2D eigenvalue weighted by Crippen LogP contribution is 2.43. The number of rotatable bonds is 42. The van der Waals surface area contributed by atoms with Crippen molar-refractivity contribution in [2.75, 3.05) is 26.4 Å². The summed E-state index contributed by atoms with van der Waals surface area (Å²) in [6.45, 7) is 2.24. The van der Waals surface area contributed by atoms with Crippen LogP contribution in [0.5, 0.6) is 0 Å². The number of aliphatic hydroxyl groups excluding tert-OH is 2. The van der Waals surface area contributed by atoms with E-state index in [9.17, 15) is 29.3 Å². The molecule has 0 saturated carbocycles. The van der Waals surface area contributed by atoms with Crippen LogP contribution in [0.25, 0.3) is 0 Å². The van der Waals surface area contributed by atoms with Gasteiger partial charge in [0.05, 0.1) is 26.4 Å². The van der Waals surface area contributed by atoms with Crippen molar-refractivity contribution in [3.05, 3.63) is 0 Å². The summed E-state index contributed by atoms with van der Waals surface area (Å²) in [6, 6.07) is 0. The van der Waals surface area contributed by atoms with Crippen LogP contribution in [0.2, 0.25) is 0 Å². The van der Waals surface area contributed by atoms with E-state index in [1.807, 2.05) is 0 Å². The molecule has 0 fully saturated rings. The van der Waals surface area contributed by atoms with Crippen molar-refractivity contribution >= 4 is 19.8 Å². The Morgan fingerprint density at radius 2 is 0.660 bits per heavy atom. The summed E-state index contributed by atoms with van der Waals surface area (Å²) < 4.78 is 32.6. The van der Waals surface area contributed by atoms with Gasteiger partial charge in [-0.1, -0.05) is 194 Å². The molecular weight excluding hydrogens is 695 g/mol. The third-order valence-corrected chi connectivity index (χ3v) is 10.8. The maximum Gasteiger partial charge on any atom is 0.472 e. The van der Waals surface area contributed by atoms with Crippen molar-refractivity contribution in [1.29, 1.82) is 0 Å². The van der Waals surface area contributed by atoms with Crippen molar-refractivity contribution in [3.8, 4) is 0 Å². The molecule has 0 radical (unpaired) electrons. The number of esters is 2. The Hall–Kier alpha value is -1.03. The standard InChI is InChI=1S/C42H83O10P/c1-3-5-7-9-11-13-15-17-18-19-20-21-22-24-26-28-30-32-34-42(46)52-40(36-44)38-50-53(47,48)49-37-39(35-43)51-41(45)33-31-29-27-25-23-16-14-12-10-8-6-4-2/h39-40,43-44H,3-38H2,1-2H3,(H,47,48). The first-order valence-corrected chi connectivity index (χ1v) is 23.5. The molecule has 0 amide bonds. The summed E-state index contributed by atoms with van der Waals surface area (Å²) in [5, 5.41) is 19.1. The Labute approximate surface area is 324 Å². The van der Waals surface area contributed by atoms with E-state index in [2.05, 4.69) is 13.8 Å².